The Labute approximate surface area is 143 Å². The van der Waals surface area contributed by atoms with E-state index in [0.717, 1.165) is 6.42 Å². The highest BCUT2D eigenvalue weighted by atomic mass is 28.5. The van der Waals surface area contributed by atoms with Gasteiger partial charge >= 0.3 is 8.80 Å². The molecule has 7 heteroatoms. The zero-order chi connectivity index (χ0) is 17.7. The average molecular weight is 379 g/mol. The Bertz CT molecular complexity index is 310. The Balaban J connectivity index is 5.53. The first-order valence-electron chi connectivity index (χ1n) is 8.46. The number of rotatable bonds is 10. The van der Waals surface area contributed by atoms with Gasteiger partial charge in [-0.2, -0.15) is 0 Å². The maximum absolute atomic E-state index is 6.57. The van der Waals surface area contributed by atoms with Crippen LogP contribution in [0.25, 0.3) is 0 Å². The standard InChI is InChI=1S/C15H38O3Si4/c1-11-12-13-14-15-22(16-19(2,3)4,17-20(5,6)7)18-21(8,9)10/h14-15H,11-13H2,1-10H3. The average Bonchev–Trinajstić information content (AvgIpc) is 2.16. The molecule has 0 saturated carbocycles. The predicted molar refractivity (Wildman–Crippen MR) is 108 cm³/mol. The molecule has 0 unspecified atom stereocenters. The van der Waals surface area contributed by atoms with Gasteiger partial charge in [-0.25, -0.2) is 0 Å². The lowest BCUT2D eigenvalue weighted by Gasteiger charge is -2.41. The maximum Gasteiger partial charge on any atom is 0.497 e. The molecule has 0 fully saturated rings. The van der Waals surface area contributed by atoms with Crippen molar-refractivity contribution in [2.24, 2.45) is 0 Å². The second-order valence-electron chi connectivity index (χ2n) is 8.79. The van der Waals surface area contributed by atoms with Crippen LogP contribution in [0.1, 0.15) is 26.2 Å². The smallest absolute Gasteiger partial charge is 0.414 e. The maximum atomic E-state index is 6.57. The molecule has 0 bridgehead atoms. The van der Waals surface area contributed by atoms with Gasteiger partial charge in [0.25, 0.3) is 0 Å². The summed E-state index contributed by atoms with van der Waals surface area (Å²) >= 11 is 0. The topological polar surface area (TPSA) is 27.7 Å². The SMILES string of the molecule is CCCCC=C[Si](O[Si](C)(C)C)(O[Si](C)(C)C)O[Si](C)(C)C. The zero-order valence-corrected chi connectivity index (χ0v) is 20.5. The summed E-state index contributed by atoms with van der Waals surface area (Å²) in [7, 11) is -8.01. The highest BCUT2D eigenvalue weighted by molar-refractivity contribution is 6.92. The van der Waals surface area contributed by atoms with Crippen molar-refractivity contribution in [1.29, 1.82) is 0 Å². The lowest BCUT2D eigenvalue weighted by molar-refractivity contribution is 0.271. The fraction of sp³-hybridized carbons (Fsp3) is 0.867. The third kappa shape index (κ3) is 12.0. The minimum Gasteiger partial charge on any atom is -0.414 e. The van der Waals surface area contributed by atoms with E-state index in [1.807, 2.05) is 0 Å². The summed E-state index contributed by atoms with van der Waals surface area (Å²) in [6, 6.07) is 0. The minimum atomic E-state index is -2.75. The van der Waals surface area contributed by atoms with Crippen LogP contribution in [0.4, 0.5) is 0 Å². The molecule has 0 rings (SSSR count). The highest BCUT2D eigenvalue weighted by Crippen LogP contribution is 2.26. The van der Waals surface area contributed by atoms with E-state index in [4.69, 9.17) is 12.3 Å². The number of unbranched alkanes of at least 4 members (excludes halogenated alkanes) is 2. The van der Waals surface area contributed by atoms with Crippen molar-refractivity contribution in [3.05, 3.63) is 11.8 Å². The second-order valence-corrected chi connectivity index (χ2v) is 25.5. The monoisotopic (exact) mass is 378 g/mol. The third-order valence-corrected chi connectivity index (χ3v) is 13.8. The van der Waals surface area contributed by atoms with E-state index in [1.54, 1.807) is 0 Å². The van der Waals surface area contributed by atoms with Crippen molar-refractivity contribution in [3.63, 3.8) is 0 Å². The Morgan fingerprint density at radius 3 is 1.32 bits per heavy atom. The molecular formula is C15H38O3Si4. The van der Waals surface area contributed by atoms with Gasteiger partial charge in [0.05, 0.1) is 0 Å². The summed E-state index contributed by atoms with van der Waals surface area (Å²) in [4.78, 5) is 0. The van der Waals surface area contributed by atoms with Crippen LogP contribution in [0.5, 0.6) is 0 Å². The molecule has 0 aliphatic heterocycles. The van der Waals surface area contributed by atoms with Gasteiger partial charge in [0, 0.05) is 0 Å². The molecule has 0 amide bonds. The highest BCUT2D eigenvalue weighted by Gasteiger charge is 2.48. The molecular weight excluding hydrogens is 341 g/mol. The van der Waals surface area contributed by atoms with Gasteiger partial charge in [0.15, 0.2) is 25.0 Å². The predicted octanol–water partition coefficient (Wildman–Crippen LogP) is 5.77. The summed E-state index contributed by atoms with van der Waals surface area (Å²) in [6.45, 7) is 22.2. The molecule has 0 atom stereocenters. The number of hydrogen-bond donors (Lipinski definition) is 0. The minimum absolute atomic E-state index is 1.07. The van der Waals surface area contributed by atoms with Crippen LogP contribution in [0.15, 0.2) is 11.8 Å². The molecule has 0 aliphatic carbocycles. The van der Waals surface area contributed by atoms with E-state index in [1.165, 1.54) is 12.8 Å². The number of allylic oxidation sites excluding steroid dienone is 1. The van der Waals surface area contributed by atoms with Gasteiger partial charge in [-0.15, -0.1) is 0 Å². The van der Waals surface area contributed by atoms with Gasteiger partial charge in [-0.1, -0.05) is 25.8 Å². The Morgan fingerprint density at radius 2 is 1.05 bits per heavy atom. The van der Waals surface area contributed by atoms with E-state index in [0.29, 0.717) is 0 Å². The number of hydrogen-bond acceptors (Lipinski definition) is 3. The molecule has 0 spiro atoms. The molecule has 0 aliphatic rings. The van der Waals surface area contributed by atoms with Crippen molar-refractivity contribution in [2.75, 3.05) is 0 Å². The quantitative estimate of drug-likeness (QED) is 0.357. The van der Waals surface area contributed by atoms with Gasteiger partial charge in [0.2, 0.25) is 0 Å². The summed E-state index contributed by atoms with van der Waals surface area (Å²) < 4.78 is 19.7. The van der Waals surface area contributed by atoms with E-state index in [2.05, 4.69) is 77.6 Å². The molecule has 0 aromatic rings. The van der Waals surface area contributed by atoms with Gasteiger partial charge in [-0.05, 0) is 71.0 Å². The van der Waals surface area contributed by atoms with Gasteiger partial charge in [0.1, 0.15) is 0 Å². The first-order chi connectivity index (χ1) is 9.68. The van der Waals surface area contributed by atoms with Crippen molar-refractivity contribution in [1.82, 2.24) is 0 Å². The molecule has 0 N–H and O–H groups in total. The summed E-state index contributed by atoms with van der Waals surface area (Å²) in [5.41, 5.74) is 2.18. The van der Waals surface area contributed by atoms with Crippen LogP contribution in [0.3, 0.4) is 0 Å². The van der Waals surface area contributed by atoms with Gasteiger partial charge < -0.3 is 12.3 Å². The largest absolute Gasteiger partial charge is 0.497 e. The van der Waals surface area contributed by atoms with Crippen LogP contribution in [-0.4, -0.2) is 33.8 Å². The molecule has 0 aromatic heterocycles. The summed E-state index contributed by atoms with van der Waals surface area (Å²) in [5, 5.41) is 0. The van der Waals surface area contributed by atoms with Crippen molar-refractivity contribution < 1.29 is 12.3 Å². The first kappa shape index (κ1) is 22.5. The summed E-state index contributed by atoms with van der Waals surface area (Å²) in [5.74, 6) is 0. The van der Waals surface area contributed by atoms with Crippen molar-refractivity contribution >= 4 is 33.8 Å². The van der Waals surface area contributed by atoms with Crippen LogP contribution in [0, 0.1) is 0 Å². The lowest BCUT2D eigenvalue weighted by atomic mass is 10.2. The second kappa shape index (κ2) is 8.55. The summed E-state index contributed by atoms with van der Waals surface area (Å²) in [6.07, 6.45) is 5.71. The normalized spacial score (nSPS) is 14.8. The first-order valence-corrected chi connectivity index (χ1v) is 20.5. The van der Waals surface area contributed by atoms with Crippen LogP contribution < -0.4 is 0 Å². The molecule has 22 heavy (non-hydrogen) atoms. The van der Waals surface area contributed by atoms with Gasteiger partial charge in [-0.3, -0.25) is 0 Å². The lowest BCUT2D eigenvalue weighted by Crippen LogP contribution is -2.59. The Hall–Kier alpha value is 0.488. The molecule has 0 heterocycles. The molecule has 0 aromatic carbocycles. The third-order valence-electron chi connectivity index (χ3n) is 2.39. The Morgan fingerprint density at radius 1 is 0.682 bits per heavy atom. The van der Waals surface area contributed by atoms with Crippen LogP contribution in [0.2, 0.25) is 58.9 Å². The van der Waals surface area contributed by atoms with E-state index in [-0.39, 0.29) is 0 Å². The van der Waals surface area contributed by atoms with Crippen molar-refractivity contribution in [2.45, 2.75) is 85.1 Å². The molecule has 0 saturated heterocycles. The Kier molecular flexibility index (Phi) is 8.73. The van der Waals surface area contributed by atoms with E-state index < -0.39 is 33.8 Å². The zero-order valence-electron chi connectivity index (χ0n) is 16.5. The fourth-order valence-electron chi connectivity index (χ4n) is 1.99. The van der Waals surface area contributed by atoms with E-state index in [9.17, 15) is 0 Å². The molecule has 132 valence electrons. The fourth-order valence-corrected chi connectivity index (χ4v) is 15.1. The molecule has 3 nitrogen and oxygen atoms in total. The van der Waals surface area contributed by atoms with Crippen molar-refractivity contribution in [3.8, 4) is 0 Å². The molecule has 0 radical (unpaired) electrons. The van der Waals surface area contributed by atoms with E-state index >= 15 is 0 Å². The van der Waals surface area contributed by atoms with Crippen LogP contribution in [-0.2, 0) is 12.3 Å². The van der Waals surface area contributed by atoms with Crippen LogP contribution >= 0.6 is 0 Å².